The second-order valence-corrected chi connectivity index (χ2v) is 1.49. The minimum atomic E-state index is -0.426. The third-order valence-electron chi connectivity index (χ3n) is 0.437. The molecule has 0 saturated carbocycles. The SMILES string of the molecule is CC(N)C[N+](=O)[O-].Cl. The topological polar surface area (TPSA) is 69.2 Å². The van der Waals surface area contributed by atoms with E-state index in [1.54, 1.807) is 6.92 Å². The Labute approximate surface area is 53.6 Å². The Hall–Kier alpha value is -0.350. The van der Waals surface area contributed by atoms with Gasteiger partial charge in [0, 0.05) is 4.92 Å². The molecule has 0 aromatic heterocycles. The molecule has 0 saturated heterocycles. The highest BCUT2D eigenvalue weighted by molar-refractivity contribution is 5.85. The smallest absolute Gasteiger partial charge is 0.218 e. The lowest BCUT2D eigenvalue weighted by Crippen LogP contribution is -2.24. The van der Waals surface area contributed by atoms with Gasteiger partial charge in [0.05, 0.1) is 6.04 Å². The first kappa shape index (κ1) is 10.6. The Balaban J connectivity index is 0. The number of hydrogen-bond acceptors (Lipinski definition) is 3. The Kier molecular flexibility index (Phi) is 6.36. The number of nitrogens with two attached hydrogens (primary N) is 1. The number of nitrogens with zero attached hydrogens (tertiary/aromatic N) is 1. The molecule has 1 atom stereocenters. The average Bonchev–Trinajstić information content (AvgIpc) is 1.27. The van der Waals surface area contributed by atoms with Gasteiger partial charge in [0.2, 0.25) is 6.54 Å². The first-order valence-electron chi connectivity index (χ1n) is 2.00. The van der Waals surface area contributed by atoms with Crippen molar-refractivity contribution in [1.82, 2.24) is 0 Å². The maximum atomic E-state index is 9.54. The van der Waals surface area contributed by atoms with E-state index in [0.29, 0.717) is 0 Å². The summed E-state index contributed by atoms with van der Waals surface area (Å²) >= 11 is 0. The van der Waals surface area contributed by atoms with Gasteiger partial charge in [-0.1, -0.05) is 0 Å². The zero-order valence-corrected chi connectivity index (χ0v) is 5.35. The van der Waals surface area contributed by atoms with Gasteiger partial charge in [-0.25, -0.2) is 0 Å². The molecule has 0 aliphatic heterocycles. The fourth-order valence-corrected chi connectivity index (χ4v) is 0.235. The summed E-state index contributed by atoms with van der Waals surface area (Å²) in [6, 6.07) is -0.324. The third kappa shape index (κ3) is 9.17. The summed E-state index contributed by atoms with van der Waals surface area (Å²) in [6.07, 6.45) is 0. The van der Waals surface area contributed by atoms with E-state index < -0.39 is 4.92 Å². The van der Waals surface area contributed by atoms with E-state index >= 15 is 0 Å². The highest BCUT2D eigenvalue weighted by atomic mass is 35.5. The Morgan fingerprint density at radius 1 is 1.88 bits per heavy atom. The van der Waals surface area contributed by atoms with E-state index in [1.807, 2.05) is 0 Å². The van der Waals surface area contributed by atoms with Crippen LogP contribution < -0.4 is 5.73 Å². The molecular formula is C3H9ClN2O2. The molecule has 5 heteroatoms. The quantitative estimate of drug-likeness (QED) is 0.435. The van der Waals surface area contributed by atoms with E-state index in [9.17, 15) is 10.1 Å². The molecule has 0 fully saturated rings. The molecule has 50 valence electrons. The summed E-state index contributed by atoms with van der Waals surface area (Å²) in [7, 11) is 0. The van der Waals surface area contributed by atoms with E-state index in [0.717, 1.165) is 0 Å². The molecular weight excluding hydrogens is 131 g/mol. The number of rotatable bonds is 2. The first-order chi connectivity index (χ1) is 3.13. The molecule has 4 nitrogen and oxygen atoms in total. The second-order valence-electron chi connectivity index (χ2n) is 1.49. The number of nitro groups is 1. The Morgan fingerprint density at radius 2 is 2.25 bits per heavy atom. The van der Waals surface area contributed by atoms with Crippen molar-refractivity contribution < 1.29 is 4.92 Å². The molecule has 0 rings (SSSR count). The van der Waals surface area contributed by atoms with Crippen molar-refractivity contribution in [3.63, 3.8) is 0 Å². The summed E-state index contributed by atoms with van der Waals surface area (Å²) in [4.78, 5) is 9.11. The number of hydrogen-bond donors (Lipinski definition) is 1. The molecule has 0 aliphatic carbocycles. The predicted molar refractivity (Wildman–Crippen MR) is 32.8 cm³/mol. The van der Waals surface area contributed by atoms with Crippen molar-refractivity contribution in [1.29, 1.82) is 0 Å². The van der Waals surface area contributed by atoms with Crippen molar-refractivity contribution in [2.24, 2.45) is 5.73 Å². The van der Waals surface area contributed by atoms with E-state index in [-0.39, 0.29) is 25.0 Å². The van der Waals surface area contributed by atoms with Gasteiger partial charge in [-0.3, -0.25) is 10.1 Å². The van der Waals surface area contributed by atoms with Gasteiger partial charge in [-0.05, 0) is 6.92 Å². The van der Waals surface area contributed by atoms with Crippen LogP contribution in [0.25, 0.3) is 0 Å². The van der Waals surface area contributed by atoms with Gasteiger partial charge in [0.25, 0.3) is 0 Å². The van der Waals surface area contributed by atoms with Gasteiger partial charge in [0.1, 0.15) is 0 Å². The molecule has 0 radical (unpaired) electrons. The Morgan fingerprint density at radius 3 is 2.25 bits per heavy atom. The van der Waals surface area contributed by atoms with Crippen LogP contribution in [0.1, 0.15) is 6.92 Å². The molecule has 0 heterocycles. The van der Waals surface area contributed by atoms with Crippen LogP contribution in [-0.2, 0) is 0 Å². The van der Waals surface area contributed by atoms with Crippen LogP contribution in [0.15, 0.2) is 0 Å². The van der Waals surface area contributed by atoms with Crippen LogP contribution in [0.5, 0.6) is 0 Å². The zero-order valence-electron chi connectivity index (χ0n) is 4.53. The van der Waals surface area contributed by atoms with E-state index in [2.05, 4.69) is 0 Å². The zero-order chi connectivity index (χ0) is 5.86. The minimum absolute atomic E-state index is 0. The summed E-state index contributed by atoms with van der Waals surface area (Å²) in [5, 5.41) is 9.54. The second kappa shape index (κ2) is 4.80. The third-order valence-corrected chi connectivity index (χ3v) is 0.437. The lowest BCUT2D eigenvalue weighted by Gasteiger charge is -1.93. The summed E-state index contributed by atoms with van der Waals surface area (Å²) < 4.78 is 0. The lowest BCUT2D eigenvalue weighted by molar-refractivity contribution is -0.481. The molecule has 0 amide bonds. The molecule has 0 aliphatic rings. The molecule has 0 bridgehead atoms. The largest absolute Gasteiger partial charge is 0.322 e. The fraction of sp³-hybridized carbons (Fsp3) is 1.00. The molecule has 0 aromatic rings. The molecule has 0 aromatic carbocycles. The molecule has 0 spiro atoms. The van der Waals surface area contributed by atoms with Gasteiger partial charge in [0.15, 0.2) is 0 Å². The Bertz CT molecular complexity index is 75.7. The summed E-state index contributed by atoms with van der Waals surface area (Å²) in [5.41, 5.74) is 5.05. The van der Waals surface area contributed by atoms with Crippen molar-refractivity contribution in [3.05, 3.63) is 10.1 Å². The monoisotopic (exact) mass is 140 g/mol. The van der Waals surface area contributed by atoms with Gasteiger partial charge in [-0.2, -0.15) is 0 Å². The van der Waals surface area contributed by atoms with E-state index in [1.165, 1.54) is 0 Å². The van der Waals surface area contributed by atoms with Crippen LogP contribution in [0.3, 0.4) is 0 Å². The summed E-state index contributed by atoms with van der Waals surface area (Å²) in [5.74, 6) is 0. The van der Waals surface area contributed by atoms with E-state index in [4.69, 9.17) is 5.73 Å². The summed E-state index contributed by atoms with van der Waals surface area (Å²) in [6.45, 7) is 1.46. The van der Waals surface area contributed by atoms with Crippen LogP contribution in [-0.4, -0.2) is 17.5 Å². The van der Waals surface area contributed by atoms with Crippen LogP contribution in [0.4, 0.5) is 0 Å². The van der Waals surface area contributed by atoms with Crippen molar-refractivity contribution in [2.45, 2.75) is 13.0 Å². The highest BCUT2D eigenvalue weighted by Crippen LogP contribution is 1.73. The average molecular weight is 141 g/mol. The maximum absolute atomic E-state index is 9.54. The van der Waals surface area contributed by atoms with Gasteiger partial charge >= 0.3 is 0 Å². The van der Waals surface area contributed by atoms with Crippen LogP contribution in [0, 0.1) is 10.1 Å². The van der Waals surface area contributed by atoms with Crippen molar-refractivity contribution >= 4 is 12.4 Å². The normalized spacial score (nSPS) is 11.8. The lowest BCUT2D eigenvalue weighted by atomic mass is 10.4. The van der Waals surface area contributed by atoms with Gasteiger partial charge in [-0.15, -0.1) is 12.4 Å². The van der Waals surface area contributed by atoms with Crippen molar-refractivity contribution in [3.8, 4) is 0 Å². The fourth-order valence-electron chi connectivity index (χ4n) is 0.235. The van der Waals surface area contributed by atoms with Gasteiger partial charge < -0.3 is 5.73 Å². The molecule has 2 N–H and O–H groups in total. The molecule has 1 unspecified atom stereocenters. The standard InChI is InChI=1S/C3H8N2O2.ClH/c1-3(4)2-5(6)7;/h3H,2,4H2,1H3;1H. The predicted octanol–water partition coefficient (Wildman–Crippen LogP) is 0.0321. The molecule has 8 heavy (non-hydrogen) atoms. The highest BCUT2D eigenvalue weighted by Gasteiger charge is 1.99. The minimum Gasteiger partial charge on any atom is -0.322 e. The van der Waals surface area contributed by atoms with Crippen LogP contribution in [0.2, 0.25) is 0 Å². The first-order valence-corrected chi connectivity index (χ1v) is 2.00. The maximum Gasteiger partial charge on any atom is 0.218 e. The number of halogens is 1. The van der Waals surface area contributed by atoms with Crippen molar-refractivity contribution in [2.75, 3.05) is 6.54 Å². The van der Waals surface area contributed by atoms with Crippen LogP contribution >= 0.6 is 12.4 Å².